The standard InChI is InChI=1S/C24H34N6O6S2/c1-28-8-10-30(11-9-28)16-20-15-25-24(37-20)26-23(32)22(27-36-19-7-14-35-17-19)18-3-5-21(6-4-18)38(33,34)29(2)12-13-31/h3-6,15,19,31H,7-14,16-17H2,1-2H3,(H,25,26,32)/b27-22+/t19-/m1/s1. The van der Waals surface area contributed by atoms with Crippen molar-refractivity contribution < 1.29 is 27.9 Å². The molecule has 0 spiro atoms. The lowest BCUT2D eigenvalue weighted by molar-refractivity contribution is -0.110. The summed E-state index contributed by atoms with van der Waals surface area (Å²) in [5.41, 5.74) is 0.389. The molecule has 2 aliphatic heterocycles. The number of aliphatic hydroxyl groups is 1. The second kappa shape index (κ2) is 13.1. The van der Waals surface area contributed by atoms with Crippen LogP contribution in [0.3, 0.4) is 0 Å². The highest BCUT2D eigenvalue weighted by molar-refractivity contribution is 7.89. The lowest BCUT2D eigenvalue weighted by Crippen LogP contribution is -2.43. The van der Waals surface area contributed by atoms with Crippen LogP contribution in [0.15, 0.2) is 40.5 Å². The van der Waals surface area contributed by atoms with Crippen LogP contribution in [0.2, 0.25) is 0 Å². The van der Waals surface area contributed by atoms with Crippen molar-refractivity contribution in [3.05, 3.63) is 40.9 Å². The van der Waals surface area contributed by atoms with Crippen LogP contribution in [0.25, 0.3) is 0 Å². The Morgan fingerprint density at radius 1 is 1.29 bits per heavy atom. The van der Waals surface area contributed by atoms with Crippen LogP contribution in [0, 0.1) is 0 Å². The van der Waals surface area contributed by atoms with Gasteiger partial charge in [0.1, 0.15) is 0 Å². The van der Waals surface area contributed by atoms with E-state index >= 15 is 0 Å². The molecule has 0 aliphatic carbocycles. The molecule has 1 amide bonds. The van der Waals surface area contributed by atoms with Gasteiger partial charge in [0.05, 0.1) is 24.7 Å². The van der Waals surface area contributed by atoms with Crippen molar-refractivity contribution in [3.8, 4) is 0 Å². The van der Waals surface area contributed by atoms with Crippen molar-refractivity contribution in [2.75, 3.05) is 72.0 Å². The summed E-state index contributed by atoms with van der Waals surface area (Å²) in [6.07, 6.45) is 2.17. The average Bonchev–Trinajstić information content (AvgIpc) is 3.58. The second-order valence-corrected chi connectivity index (χ2v) is 12.4. The Balaban J connectivity index is 1.48. The largest absolute Gasteiger partial charge is 0.395 e. The third-order valence-corrected chi connectivity index (χ3v) is 9.16. The van der Waals surface area contributed by atoms with E-state index in [2.05, 4.69) is 32.3 Å². The normalized spacial score (nSPS) is 19.7. The second-order valence-electron chi connectivity index (χ2n) is 9.27. The van der Waals surface area contributed by atoms with Crippen molar-refractivity contribution in [2.24, 2.45) is 5.16 Å². The van der Waals surface area contributed by atoms with Gasteiger partial charge >= 0.3 is 0 Å². The molecule has 2 fully saturated rings. The molecular formula is C24H34N6O6S2. The van der Waals surface area contributed by atoms with E-state index in [0.717, 1.165) is 41.9 Å². The Hall–Kier alpha value is -2.46. The molecule has 2 aromatic rings. The molecule has 3 heterocycles. The summed E-state index contributed by atoms with van der Waals surface area (Å²) in [4.78, 5) is 29.0. The third-order valence-electron chi connectivity index (χ3n) is 6.40. The van der Waals surface area contributed by atoms with Gasteiger partial charge in [-0.25, -0.2) is 13.4 Å². The molecule has 1 aromatic carbocycles. The third kappa shape index (κ3) is 7.34. The summed E-state index contributed by atoms with van der Waals surface area (Å²) in [5.74, 6) is -0.516. The topological polar surface area (TPSA) is 137 Å². The van der Waals surface area contributed by atoms with Gasteiger partial charge in [0.2, 0.25) is 10.0 Å². The van der Waals surface area contributed by atoms with E-state index < -0.39 is 15.9 Å². The number of rotatable bonds is 11. The lowest BCUT2D eigenvalue weighted by atomic mass is 10.1. The number of ether oxygens (including phenoxy) is 1. The maximum atomic E-state index is 13.3. The first-order valence-electron chi connectivity index (χ1n) is 12.4. The minimum atomic E-state index is -3.78. The summed E-state index contributed by atoms with van der Waals surface area (Å²) >= 11 is 1.41. The van der Waals surface area contributed by atoms with Gasteiger partial charge in [-0.2, -0.15) is 4.31 Å². The number of anilines is 1. The van der Waals surface area contributed by atoms with Crippen molar-refractivity contribution in [1.82, 2.24) is 19.1 Å². The predicted octanol–water partition coefficient (Wildman–Crippen LogP) is 0.652. The Kier molecular flexibility index (Phi) is 9.81. The first kappa shape index (κ1) is 28.5. The van der Waals surface area contributed by atoms with Crippen LogP contribution in [-0.2, 0) is 30.9 Å². The zero-order valence-corrected chi connectivity index (χ0v) is 23.2. The SMILES string of the molecule is CN1CCN(Cc2cnc(NC(=O)/C(=N/O[C@@H]3CCOC3)c3ccc(S(=O)(=O)N(C)CCO)cc3)s2)CC1. The van der Waals surface area contributed by atoms with Crippen LogP contribution in [0.4, 0.5) is 5.13 Å². The number of aliphatic hydroxyl groups excluding tert-OH is 1. The fourth-order valence-corrected chi connectivity index (χ4v) is 6.01. The number of carbonyl (C=O) groups excluding carboxylic acids is 1. The van der Waals surface area contributed by atoms with Gasteiger partial charge in [0, 0.05) is 69.4 Å². The van der Waals surface area contributed by atoms with E-state index in [1.54, 1.807) is 6.20 Å². The Morgan fingerprint density at radius 2 is 2.03 bits per heavy atom. The monoisotopic (exact) mass is 566 g/mol. The van der Waals surface area contributed by atoms with Crippen molar-refractivity contribution in [1.29, 1.82) is 0 Å². The number of benzene rings is 1. The minimum Gasteiger partial charge on any atom is -0.395 e. The van der Waals surface area contributed by atoms with Crippen molar-refractivity contribution in [3.63, 3.8) is 0 Å². The quantitative estimate of drug-likeness (QED) is 0.297. The molecule has 0 unspecified atom stereocenters. The highest BCUT2D eigenvalue weighted by Gasteiger charge is 2.24. The highest BCUT2D eigenvalue weighted by Crippen LogP contribution is 2.22. The molecule has 1 atom stereocenters. The number of oxime groups is 1. The van der Waals surface area contributed by atoms with E-state index in [0.29, 0.717) is 30.3 Å². The number of sulfonamides is 1. The minimum absolute atomic E-state index is 0.000350. The van der Waals surface area contributed by atoms with Gasteiger partial charge in [-0.1, -0.05) is 17.3 Å². The molecule has 0 saturated carbocycles. The predicted molar refractivity (Wildman–Crippen MR) is 144 cm³/mol. The van der Waals surface area contributed by atoms with Gasteiger partial charge in [-0.05, 0) is 19.2 Å². The number of thiazole rings is 1. The number of hydrogen-bond acceptors (Lipinski definition) is 11. The Morgan fingerprint density at radius 3 is 2.68 bits per heavy atom. The molecule has 2 N–H and O–H groups in total. The molecular weight excluding hydrogens is 532 g/mol. The van der Waals surface area contributed by atoms with Gasteiger partial charge in [0.15, 0.2) is 16.9 Å². The molecule has 38 heavy (non-hydrogen) atoms. The summed E-state index contributed by atoms with van der Waals surface area (Å²) in [7, 11) is -0.274. The maximum absolute atomic E-state index is 13.3. The van der Waals surface area contributed by atoms with Gasteiger partial charge in [0.25, 0.3) is 5.91 Å². The van der Waals surface area contributed by atoms with Crippen molar-refractivity contribution in [2.45, 2.75) is 24.0 Å². The number of likely N-dealkylation sites (N-methyl/N-ethyl adjacent to an activating group) is 2. The molecule has 208 valence electrons. The summed E-state index contributed by atoms with van der Waals surface area (Å²) < 4.78 is 31.8. The van der Waals surface area contributed by atoms with Crippen LogP contribution in [-0.4, -0.2) is 117 Å². The van der Waals surface area contributed by atoms with E-state index in [1.165, 1.54) is 42.6 Å². The molecule has 0 radical (unpaired) electrons. The molecule has 1 aromatic heterocycles. The fraction of sp³-hybridized carbons (Fsp3) is 0.542. The molecule has 0 bridgehead atoms. The van der Waals surface area contributed by atoms with Gasteiger partial charge in [-0.15, -0.1) is 11.3 Å². The Bertz CT molecular complexity index is 1210. The molecule has 12 nitrogen and oxygen atoms in total. The van der Waals surface area contributed by atoms with E-state index in [4.69, 9.17) is 14.7 Å². The average molecular weight is 567 g/mol. The van der Waals surface area contributed by atoms with Crippen molar-refractivity contribution >= 4 is 38.1 Å². The van der Waals surface area contributed by atoms with Gasteiger partial charge in [-0.3, -0.25) is 15.0 Å². The number of amides is 1. The van der Waals surface area contributed by atoms with Crippen LogP contribution in [0.5, 0.6) is 0 Å². The van der Waals surface area contributed by atoms with Crippen LogP contribution < -0.4 is 5.32 Å². The van der Waals surface area contributed by atoms with E-state index in [1.807, 2.05) is 0 Å². The molecule has 4 rings (SSSR count). The van der Waals surface area contributed by atoms with E-state index in [-0.39, 0.29) is 29.9 Å². The number of nitrogens with zero attached hydrogens (tertiary/aromatic N) is 5. The fourth-order valence-electron chi connectivity index (χ4n) is 4.00. The van der Waals surface area contributed by atoms with E-state index in [9.17, 15) is 13.2 Å². The highest BCUT2D eigenvalue weighted by atomic mass is 32.2. The number of piperazine rings is 1. The summed E-state index contributed by atoms with van der Waals surface area (Å²) in [6.45, 7) is 5.40. The maximum Gasteiger partial charge on any atom is 0.280 e. The van der Waals surface area contributed by atoms with Gasteiger partial charge < -0.3 is 19.6 Å². The Labute approximate surface area is 226 Å². The lowest BCUT2D eigenvalue weighted by Gasteiger charge is -2.31. The first-order valence-corrected chi connectivity index (χ1v) is 14.7. The number of carbonyl (C=O) groups is 1. The van der Waals surface area contributed by atoms with Crippen LogP contribution >= 0.6 is 11.3 Å². The molecule has 2 aliphatic rings. The zero-order valence-electron chi connectivity index (χ0n) is 21.6. The number of nitrogens with one attached hydrogen (secondary N) is 1. The number of aromatic nitrogens is 1. The smallest absolute Gasteiger partial charge is 0.280 e. The molecule has 14 heteroatoms. The van der Waals surface area contributed by atoms with Crippen LogP contribution in [0.1, 0.15) is 16.9 Å². The number of hydrogen-bond donors (Lipinski definition) is 2. The molecule has 2 saturated heterocycles. The summed E-state index contributed by atoms with van der Waals surface area (Å²) in [5, 5.41) is 16.5. The summed E-state index contributed by atoms with van der Waals surface area (Å²) in [6, 6.07) is 5.82. The zero-order chi connectivity index (χ0) is 27.1. The first-order chi connectivity index (χ1) is 18.3.